The van der Waals surface area contributed by atoms with Gasteiger partial charge in [0, 0.05) is 17.8 Å². The smallest absolute Gasteiger partial charge is 0.325 e. The van der Waals surface area contributed by atoms with Gasteiger partial charge in [-0.1, -0.05) is 0 Å². The lowest BCUT2D eigenvalue weighted by atomic mass is 10.2. The Morgan fingerprint density at radius 1 is 1.53 bits per heavy atom. The molecular formula is C14H15BrN2O2. The van der Waals surface area contributed by atoms with Crippen molar-refractivity contribution in [3.63, 3.8) is 0 Å². The molecule has 100 valence electrons. The average molecular weight is 323 g/mol. The summed E-state index contributed by atoms with van der Waals surface area (Å²) in [7, 11) is 0. The number of ether oxygens (including phenoxy) is 1. The number of nitrogens with zero attached hydrogens (tertiary/aromatic N) is 2. The van der Waals surface area contributed by atoms with Crippen molar-refractivity contribution in [2.45, 2.75) is 32.2 Å². The lowest BCUT2D eigenvalue weighted by Crippen LogP contribution is -2.12. The van der Waals surface area contributed by atoms with Crippen LogP contribution in [-0.4, -0.2) is 22.1 Å². The zero-order chi connectivity index (χ0) is 13.4. The molecule has 0 aromatic carbocycles. The maximum Gasteiger partial charge on any atom is 0.325 e. The first-order valence-electron chi connectivity index (χ1n) is 6.50. The van der Waals surface area contributed by atoms with Crippen LogP contribution in [0.15, 0.2) is 22.8 Å². The van der Waals surface area contributed by atoms with Crippen LogP contribution in [0.5, 0.6) is 0 Å². The number of halogens is 1. The molecule has 2 aromatic heterocycles. The summed E-state index contributed by atoms with van der Waals surface area (Å²) in [5.74, 6) is 0.405. The van der Waals surface area contributed by atoms with E-state index in [9.17, 15) is 4.79 Å². The molecule has 1 aliphatic carbocycles. The average Bonchev–Trinajstić information content (AvgIpc) is 3.18. The summed E-state index contributed by atoms with van der Waals surface area (Å²) in [6.07, 6.45) is 4.37. The molecule has 1 saturated carbocycles. The normalized spacial score (nSPS) is 14.8. The SMILES string of the molecule is CCOC(=O)Cn1cc(Br)c2nc(C3CC3)ccc21. The summed E-state index contributed by atoms with van der Waals surface area (Å²) in [5.41, 5.74) is 3.04. The van der Waals surface area contributed by atoms with Crippen molar-refractivity contribution in [2.75, 3.05) is 6.61 Å². The zero-order valence-electron chi connectivity index (χ0n) is 10.7. The second kappa shape index (κ2) is 4.96. The number of hydrogen-bond acceptors (Lipinski definition) is 3. The molecule has 0 amide bonds. The zero-order valence-corrected chi connectivity index (χ0v) is 12.3. The fourth-order valence-corrected chi connectivity index (χ4v) is 2.76. The maximum atomic E-state index is 11.6. The van der Waals surface area contributed by atoms with Crippen LogP contribution in [-0.2, 0) is 16.1 Å². The van der Waals surface area contributed by atoms with Gasteiger partial charge in [-0.3, -0.25) is 4.79 Å². The Balaban J connectivity index is 1.95. The Bertz CT molecular complexity index is 632. The molecule has 0 bridgehead atoms. The Morgan fingerprint density at radius 2 is 2.32 bits per heavy atom. The molecule has 2 heterocycles. The van der Waals surface area contributed by atoms with Crippen LogP contribution in [0.4, 0.5) is 0 Å². The van der Waals surface area contributed by atoms with Crippen LogP contribution in [0.1, 0.15) is 31.4 Å². The number of carbonyl (C=O) groups excluding carboxylic acids is 1. The predicted octanol–water partition coefficient (Wildman–Crippen LogP) is 3.24. The molecule has 0 atom stereocenters. The number of hydrogen-bond donors (Lipinski definition) is 0. The molecule has 3 rings (SSSR count). The number of esters is 1. The molecule has 1 fully saturated rings. The highest BCUT2D eigenvalue weighted by atomic mass is 79.9. The van der Waals surface area contributed by atoms with E-state index < -0.39 is 0 Å². The van der Waals surface area contributed by atoms with E-state index in [4.69, 9.17) is 9.72 Å². The maximum absolute atomic E-state index is 11.6. The highest BCUT2D eigenvalue weighted by Gasteiger charge is 2.25. The quantitative estimate of drug-likeness (QED) is 0.812. The van der Waals surface area contributed by atoms with E-state index in [0.717, 1.165) is 21.2 Å². The molecule has 0 radical (unpaired) electrons. The van der Waals surface area contributed by atoms with Gasteiger partial charge in [0.25, 0.3) is 0 Å². The monoisotopic (exact) mass is 322 g/mol. The molecule has 2 aromatic rings. The van der Waals surface area contributed by atoms with Crippen molar-refractivity contribution in [3.05, 3.63) is 28.5 Å². The lowest BCUT2D eigenvalue weighted by Gasteiger charge is -2.05. The highest BCUT2D eigenvalue weighted by molar-refractivity contribution is 9.10. The van der Waals surface area contributed by atoms with Crippen LogP contribution in [0, 0.1) is 0 Å². The van der Waals surface area contributed by atoms with Gasteiger partial charge in [0.05, 0.1) is 16.6 Å². The van der Waals surface area contributed by atoms with Crippen LogP contribution in [0.25, 0.3) is 11.0 Å². The van der Waals surface area contributed by atoms with Crippen molar-refractivity contribution in [3.8, 4) is 0 Å². The summed E-state index contributed by atoms with van der Waals surface area (Å²) in [6, 6.07) is 4.11. The first-order valence-corrected chi connectivity index (χ1v) is 7.29. The van der Waals surface area contributed by atoms with E-state index in [-0.39, 0.29) is 12.5 Å². The van der Waals surface area contributed by atoms with Crippen LogP contribution in [0.3, 0.4) is 0 Å². The summed E-state index contributed by atoms with van der Waals surface area (Å²) >= 11 is 3.51. The molecule has 0 unspecified atom stereocenters. The summed E-state index contributed by atoms with van der Waals surface area (Å²) in [6.45, 7) is 2.44. The van der Waals surface area contributed by atoms with Gasteiger partial charge in [-0.05, 0) is 47.8 Å². The summed E-state index contributed by atoms with van der Waals surface area (Å²) < 4.78 is 7.78. The fourth-order valence-electron chi connectivity index (χ4n) is 2.22. The van der Waals surface area contributed by atoms with Gasteiger partial charge >= 0.3 is 5.97 Å². The molecule has 0 N–H and O–H groups in total. The standard InChI is InChI=1S/C14H15BrN2O2/c1-2-19-13(18)8-17-7-10(15)14-12(17)6-5-11(16-14)9-3-4-9/h5-7,9H,2-4,8H2,1H3. The number of pyridine rings is 1. The largest absolute Gasteiger partial charge is 0.465 e. The van der Waals surface area contributed by atoms with Crippen molar-refractivity contribution in [2.24, 2.45) is 0 Å². The van der Waals surface area contributed by atoms with Crippen LogP contribution >= 0.6 is 15.9 Å². The van der Waals surface area contributed by atoms with Crippen LogP contribution in [0.2, 0.25) is 0 Å². The second-order valence-corrected chi connectivity index (χ2v) is 5.64. The van der Waals surface area contributed by atoms with E-state index in [2.05, 4.69) is 22.0 Å². The van der Waals surface area contributed by atoms with Gasteiger partial charge in [-0.25, -0.2) is 4.98 Å². The molecule has 0 spiro atoms. The number of carbonyl (C=O) groups is 1. The fraction of sp³-hybridized carbons (Fsp3) is 0.429. The number of aromatic nitrogens is 2. The summed E-state index contributed by atoms with van der Waals surface area (Å²) in [5, 5.41) is 0. The highest BCUT2D eigenvalue weighted by Crippen LogP contribution is 2.40. The second-order valence-electron chi connectivity index (χ2n) is 4.79. The van der Waals surface area contributed by atoms with Gasteiger partial charge in [-0.2, -0.15) is 0 Å². The van der Waals surface area contributed by atoms with E-state index in [0.29, 0.717) is 12.5 Å². The third kappa shape index (κ3) is 2.52. The van der Waals surface area contributed by atoms with E-state index in [1.54, 1.807) is 0 Å². The van der Waals surface area contributed by atoms with Gasteiger partial charge in [-0.15, -0.1) is 0 Å². The minimum absolute atomic E-state index is 0.223. The Labute approximate surface area is 119 Å². The Morgan fingerprint density at radius 3 is 3.00 bits per heavy atom. The van der Waals surface area contributed by atoms with Crippen molar-refractivity contribution in [1.29, 1.82) is 0 Å². The van der Waals surface area contributed by atoms with Crippen LogP contribution < -0.4 is 0 Å². The molecule has 19 heavy (non-hydrogen) atoms. The Hall–Kier alpha value is -1.36. The molecule has 0 aliphatic heterocycles. The van der Waals surface area contributed by atoms with E-state index >= 15 is 0 Å². The topological polar surface area (TPSA) is 44.1 Å². The molecule has 1 aliphatic rings. The third-order valence-electron chi connectivity index (χ3n) is 3.30. The molecule has 4 nitrogen and oxygen atoms in total. The molecular weight excluding hydrogens is 308 g/mol. The first-order chi connectivity index (χ1) is 9.19. The minimum Gasteiger partial charge on any atom is -0.465 e. The van der Waals surface area contributed by atoms with Gasteiger partial charge in [0.1, 0.15) is 12.1 Å². The van der Waals surface area contributed by atoms with Gasteiger partial charge in [0.2, 0.25) is 0 Å². The number of rotatable bonds is 4. The summed E-state index contributed by atoms with van der Waals surface area (Å²) in [4.78, 5) is 16.3. The number of fused-ring (bicyclic) bond motifs is 1. The lowest BCUT2D eigenvalue weighted by molar-refractivity contribution is -0.143. The predicted molar refractivity (Wildman–Crippen MR) is 76.0 cm³/mol. The minimum atomic E-state index is -0.224. The molecule has 0 saturated heterocycles. The Kier molecular flexibility index (Phi) is 3.31. The first kappa shape index (κ1) is 12.7. The van der Waals surface area contributed by atoms with E-state index in [1.807, 2.05) is 23.8 Å². The van der Waals surface area contributed by atoms with Crippen molar-refractivity contribution in [1.82, 2.24) is 9.55 Å². The van der Waals surface area contributed by atoms with Crippen molar-refractivity contribution < 1.29 is 9.53 Å². The third-order valence-corrected chi connectivity index (χ3v) is 3.88. The van der Waals surface area contributed by atoms with Gasteiger partial charge in [0.15, 0.2) is 0 Å². The molecule has 5 heteroatoms. The van der Waals surface area contributed by atoms with Gasteiger partial charge < -0.3 is 9.30 Å². The van der Waals surface area contributed by atoms with E-state index in [1.165, 1.54) is 12.8 Å². The van der Waals surface area contributed by atoms with Crippen molar-refractivity contribution >= 4 is 32.9 Å².